The fraction of sp³-hybridized carbons (Fsp3) is 0.727. The standard InChI is InChI=1S/C11H20N4O5/c12-9(16)7-8(10(17)18)14-11(19)13-1-2-15-3-5-20-6-4-15/h8H,1-7H2,(H2,12,16)(H,17,18)(H2,13,14,19)/t8-/m1/s1. The Kier molecular flexibility index (Phi) is 6.74. The average molecular weight is 288 g/mol. The Bertz CT molecular complexity index is 357. The highest BCUT2D eigenvalue weighted by Crippen LogP contribution is 1.95. The maximum atomic E-state index is 11.5. The van der Waals surface area contributed by atoms with Gasteiger partial charge in [-0.1, -0.05) is 0 Å². The second-order valence-corrected chi connectivity index (χ2v) is 4.42. The fourth-order valence-corrected chi connectivity index (χ4v) is 1.76. The van der Waals surface area contributed by atoms with Crippen molar-refractivity contribution >= 4 is 17.9 Å². The molecule has 1 heterocycles. The van der Waals surface area contributed by atoms with Crippen LogP contribution in [-0.2, 0) is 14.3 Å². The van der Waals surface area contributed by atoms with E-state index in [2.05, 4.69) is 15.5 Å². The smallest absolute Gasteiger partial charge is 0.326 e. The minimum absolute atomic E-state index is 0.384. The summed E-state index contributed by atoms with van der Waals surface area (Å²) >= 11 is 0. The first kappa shape index (κ1) is 16.2. The van der Waals surface area contributed by atoms with Crippen molar-refractivity contribution in [2.45, 2.75) is 12.5 Å². The van der Waals surface area contributed by atoms with Gasteiger partial charge in [0.2, 0.25) is 5.91 Å². The fourth-order valence-electron chi connectivity index (χ4n) is 1.76. The average Bonchev–Trinajstić information content (AvgIpc) is 2.38. The summed E-state index contributed by atoms with van der Waals surface area (Å²) in [5.41, 5.74) is 4.91. The molecule has 1 fully saturated rings. The molecule has 1 aliphatic rings. The molecule has 0 radical (unpaired) electrons. The highest BCUT2D eigenvalue weighted by molar-refractivity contribution is 5.87. The Labute approximate surface area is 116 Å². The maximum absolute atomic E-state index is 11.5. The van der Waals surface area contributed by atoms with Crippen molar-refractivity contribution in [1.29, 1.82) is 0 Å². The van der Waals surface area contributed by atoms with Crippen LogP contribution in [0.2, 0.25) is 0 Å². The molecule has 0 unspecified atom stereocenters. The van der Waals surface area contributed by atoms with Gasteiger partial charge in [0.15, 0.2) is 0 Å². The Morgan fingerprint density at radius 3 is 2.50 bits per heavy atom. The first-order chi connectivity index (χ1) is 9.49. The molecule has 3 amide bonds. The minimum Gasteiger partial charge on any atom is -0.480 e. The summed E-state index contributed by atoms with van der Waals surface area (Å²) in [6.07, 6.45) is -0.438. The number of carbonyl (C=O) groups excluding carboxylic acids is 2. The van der Waals surface area contributed by atoms with Gasteiger partial charge in [-0.15, -0.1) is 0 Å². The molecule has 9 heteroatoms. The van der Waals surface area contributed by atoms with Gasteiger partial charge in [-0.2, -0.15) is 0 Å². The number of ether oxygens (including phenoxy) is 1. The SMILES string of the molecule is NC(=O)C[C@@H](NC(=O)NCCN1CCOCC1)C(=O)O. The second kappa shape index (κ2) is 8.33. The number of nitrogens with two attached hydrogens (primary N) is 1. The molecular formula is C11H20N4O5. The molecular weight excluding hydrogens is 268 g/mol. The summed E-state index contributed by atoms with van der Waals surface area (Å²) in [7, 11) is 0. The summed E-state index contributed by atoms with van der Waals surface area (Å²) < 4.78 is 5.19. The molecule has 5 N–H and O–H groups in total. The zero-order valence-corrected chi connectivity index (χ0v) is 11.1. The first-order valence-corrected chi connectivity index (χ1v) is 6.34. The lowest BCUT2D eigenvalue weighted by molar-refractivity contribution is -0.140. The van der Waals surface area contributed by atoms with Gasteiger partial charge in [0.1, 0.15) is 6.04 Å². The lowest BCUT2D eigenvalue weighted by Gasteiger charge is -2.26. The van der Waals surface area contributed by atoms with Crippen molar-refractivity contribution in [3.8, 4) is 0 Å². The second-order valence-electron chi connectivity index (χ2n) is 4.42. The predicted molar refractivity (Wildman–Crippen MR) is 69.0 cm³/mol. The van der Waals surface area contributed by atoms with E-state index in [4.69, 9.17) is 15.6 Å². The molecule has 0 saturated carbocycles. The summed E-state index contributed by atoms with van der Waals surface area (Å²) in [6, 6.07) is -1.94. The van der Waals surface area contributed by atoms with Crippen molar-refractivity contribution in [2.24, 2.45) is 5.73 Å². The molecule has 1 saturated heterocycles. The number of carboxylic acid groups (broad SMARTS) is 1. The van der Waals surface area contributed by atoms with Crippen molar-refractivity contribution < 1.29 is 24.2 Å². The monoisotopic (exact) mass is 288 g/mol. The maximum Gasteiger partial charge on any atom is 0.326 e. The van der Waals surface area contributed by atoms with Gasteiger partial charge < -0.3 is 26.2 Å². The number of urea groups is 1. The zero-order chi connectivity index (χ0) is 15.0. The first-order valence-electron chi connectivity index (χ1n) is 6.34. The van der Waals surface area contributed by atoms with Crippen molar-refractivity contribution in [3.05, 3.63) is 0 Å². The third-order valence-electron chi connectivity index (χ3n) is 2.83. The van der Waals surface area contributed by atoms with Crippen molar-refractivity contribution in [3.63, 3.8) is 0 Å². The summed E-state index contributed by atoms with van der Waals surface area (Å²) in [5, 5.41) is 13.6. The summed E-state index contributed by atoms with van der Waals surface area (Å²) in [5.74, 6) is -2.09. The van der Waals surface area contributed by atoms with E-state index in [0.29, 0.717) is 26.3 Å². The van der Waals surface area contributed by atoms with Crippen molar-refractivity contribution in [2.75, 3.05) is 39.4 Å². The van der Waals surface area contributed by atoms with Crippen LogP contribution in [0.1, 0.15) is 6.42 Å². The van der Waals surface area contributed by atoms with Crippen molar-refractivity contribution in [1.82, 2.24) is 15.5 Å². The van der Waals surface area contributed by atoms with E-state index in [1.165, 1.54) is 0 Å². The number of aliphatic carboxylic acids is 1. The van der Waals surface area contributed by atoms with Crippen LogP contribution >= 0.6 is 0 Å². The number of nitrogens with one attached hydrogen (secondary N) is 2. The van der Waals surface area contributed by atoms with E-state index < -0.39 is 30.4 Å². The highest BCUT2D eigenvalue weighted by Gasteiger charge is 2.22. The molecule has 0 spiro atoms. The lowest BCUT2D eigenvalue weighted by atomic mass is 10.2. The number of hydrogen-bond acceptors (Lipinski definition) is 5. The number of carboxylic acids is 1. The highest BCUT2D eigenvalue weighted by atomic mass is 16.5. The van der Waals surface area contributed by atoms with Crippen LogP contribution in [-0.4, -0.2) is 73.3 Å². The minimum atomic E-state index is -1.31. The summed E-state index contributed by atoms with van der Waals surface area (Å²) in [4.78, 5) is 35.1. The Hall–Kier alpha value is -1.87. The zero-order valence-electron chi connectivity index (χ0n) is 11.1. The van der Waals surface area contributed by atoms with Crippen LogP contribution < -0.4 is 16.4 Å². The van der Waals surface area contributed by atoms with Gasteiger partial charge in [-0.25, -0.2) is 9.59 Å². The van der Waals surface area contributed by atoms with E-state index in [1.54, 1.807) is 0 Å². The van der Waals surface area contributed by atoms with E-state index in [0.717, 1.165) is 13.1 Å². The Morgan fingerprint density at radius 1 is 1.30 bits per heavy atom. The lowest BCUT2D eigenvalue weighted by Crippen LogP contribution is -2.49. The molecule has 0 aromatic rings. The molecule has 20 heavy (non-hydrogen) atoms. The van der Waals surface area contributed by atoms with E-state index in [1.807, 2.05) is 0 Å². The molecule has 1 aliphatic heterocycles. The van der Waals surface area contributed by atoms with E-state index in [-0.39, 0.29) is 0 Å². The van der Waals surface area contributed by atoms with Gasteiger partial charge >= 0.3 is 12.0 Å². The quantitative estimate of drug-likeness (QED) is 0.426. The van der Waals surface area contributed by atoms with Crippen LogP contribution in [0.3, 0.4) is 0 Å². The third kappa shape index (κ3) is 6.34. The van der Waals surface area contributed by atoms with Gasteiger partial charge in [-0.05, 0) is 0 Å². The molecule has 0 aromatic heterocycles. The van der Waals surface area contributed by atoms with Crippen LogP contribution in [0.5, 0.6) is 0 Å². The largest absolute Gasteiger partial charge is 0.480 e. The number of hydrogen-bond donors (Lipinski definition) is 4. The van der Waals surface area contributed by atoms with E-state index in [9.17, 15) is 14.4 Å². The number of morpholine rings is 1. The van der Waals surface area contributed by atoms with Crippen LogP contribution in [0.4, 0.5) is 4.79 Å². The molecule has 1 atom stereocenters. The number of carbonyl (C=O) groups is 3. The molecule has 1 rings (SSSR count). The topological polar surface area (TPSA) is 134 Å². The number of primary amides is 1. The van der Waals surface area contributed by atoms with Gasteiger partial charge in [0.25, 0.3) is 0 Å². The molecule has 9 nitrogen and oxygen atoms in total. The molecule has 0 bridgehead atoms. The molecule has 0 aromatic carbocycles. The predicted octanol–water partition coefficient (Wildman–Crippen LogP) is -2.05. The van der Waals surface area contributed by atoms with Gasteiger partial charge in [-0.3, -0.25) is 9.69 Å². The van der Waals surface area contributed by atoms with Gasteiger partial charge in [0, 0.05) is 26.2 Å². The third-order valence-corrected chi connectivity index (χ3v) is 2.83. The Balaban J connectivity index is 2.23. The molecule has 0 aliphatic carbocycles. The number of rotatable bonds is 7. The van der Waals surface area contributed by atoms with Crippen LogP contribution in [0.15, 0.2) is 0 Å². The normalized spacial score (nSPS) is 17.2. The van der Waals surface area contributed by atoms with Crippen LogP contribution in [0, 0.1) is 0 Å². The van der Waals surface area contributed by atoms with E-state index >= 15 is 0 Å². The van der Waals surface area contributed by atoms with Crippen LogP contribution in [0.25, 0.3) is 0 Å². The summed E-state index contributed by atoms with van der Waals surface area (Å²) in [6.45, 7) is 4.00. The molecule has 114 valence electrons. The van der Waals surface area contributed by atoms with Gasteiger partial charge in [0.05, 0.1) is 19.6 Å². The number of nitrogens with zero attached hydrogens (tertiary/aromatic N) is 1. The Morgan fingerprint density at radius 2 is 1.95 bits per heavy atom. The number of amides is 3.